The third-order valence-corrected chi connectivity index (χ3v) is 5.06. The molecule has 0 bridgehead atoms. The lowest BCUT2D eigenvalue weighted by Crippen LogP contribution is -2.31. The minimum absolute atomic E-state index is 0.113. The van der Waals surface area contributed by atoms with Crippen molar-refractivity contribution in [2.75, 3.05) is 11.9 Å². The van der Waals surface area contributed by atoms with Gasteiger partial charge in [0.15, 0.2) is 16.6 Å². The Labute approximate surface area is 122 Å². The summed E-state index contributed by atoms with van der Waals surface area (Å²) < 4.78 is 0. The molecule has 1 aromatic rings. The van der Waals surface area contributed by atoms with E-state index in [1.54, 1.807) is 0 Å². The molecule has 6 heteroatoms. The minimum atomic E-state index is -1.13. The maximum atomic E-state index is 11.5. The van der Waals surface area contributed by atoms with Crippen LogP contribution in [0.25, 0.3) is 0 Å². The van der Waals surface area contributed by atoms with Gasteiger partial charge in [0, 0.05) is 20.0 Å². The Balaban J connectivity index is 2.25. The first kappa shape index (κ1) is 15.0. The van der Waals surface area contributed by atoms with Gasteiger partial charge in [-0.3, -0.25) is 4.79 Å². The van der Waals surface area contributed by atoms with E-state index in [0.717, 1.165) is 12.8 Å². The number of carboxylic acids is 1. The Morgan fingerprint density at radius 2 is 1.85 bits per heavy atom. The largest absolute Gasteiger partial charge is 0.476 e. The van der Waals surface area contributed by atoms with Gasteiger partial charge in [-0.1, -0.05) is 37.0 Å². The highest BCUT2D eigenvalue weighted by Crippen LogP contribution is 2.31. The van der Waals surface area contributed by atoms with Crippen LogP contribution in [0.1, 0.15) is 65.6 Å². The number of hydrogen-bond acceptors (Lipinski definition) is 5. The van der Waals surface area contributed by atoms with E-state index in [1.165, 1.54) is 43.9 Å². The third-order valence-electron chi connectivity index (χ3n) is 3.81. The third kappa shape index (κ3) is 3.17. The second-order valence-electron chi connectivity index (χ2n) is 5.29. The van der Waals surface area contributed by atoms with Gasteiger partial charge < -0.3 is 10.0 Å². The second kappa shape index (κ2) is 6.35. The van der Waals surface area contributed by atoms with E-state index in [9.17, 15) is 9.59 Å². The van der Waals surface area contributed by atoms with Crippen molar-refractivity contribution in [2.45, 2.75) is 51.5 Å². The first-order valence-electron chi connectivity index (χ1n) is 6.98. The van der Waals surface area contributed by atoms with E-state index < -0.39 is 5.97 Å². The molecule has 5 nitrogen and oxygen atoms in total. The summed E-state index contributed by atoms with van der Waals surface area (Å²) in [6, 6.07) is 0.394. The number of carbonyl (C=O) groups excluding carboxylic acids is 1. The summed E-state index contributed by atoms with van der Waals surface area (Å²) in [7, 11) is 1.95. The van der Waals surface area contributed by atoms with E-state index in [4.69, 9.17) is 5.11 Å². The van der Waals surface area contributed by atoms with Crippen molar-refractivity contribution >= 4 is 28.2 Å². The van der Waals surface area contributed by atoms with E-state index in [2.05, 4.69) is 9.88 Å². The molecule has 1 fully saturated rings. The lowest BCUT2D eigenvalue weighted by Gasteiger charge is -2.26. The second-order valence-corrected chi connectivity index (χ2v) is 6.27. The highest BCUT2D eigenvalue weighted by molar-refractivity contribution is 7.17. The van der Waals surface area contributed by atoms with Crippen LogP contribution in [-0.4, -0.2) is 34.9 Å². The molecule has 2 rings (SSSR count). The Kier molecular flexibility index (Phi) is 4.75. The van der Waals surface area contributed by atoms with Gasteiger partial charge in [-0.15, -0.1) is 0 Å². The minimum Gasteiger partial charge on any atom is -0.476 e. The molecule has 20 heavy (non-hydrogen) atoms. The van der Waals surface area contributed by atoms with Crippen LogP contribution in [0.5, 0.6) is 0 Å². The molecule has 0 amide bonds. The Bertz CT molecular complexity index is 473. The molecule has 1 aromatic heterocycles. The fourth-order valence-electron chi connectivity index (χ4n) is 2.64. The Hall–Kier alpha value is -1.43. The molecule has 110 valence electrons. The van der Waals surface area contributed by atoms with Gasteiger partial charge in [-0.05, 0) is 12.8 Å². The topological polar surface area (TPSA) is 70.5 Å². The van der Waals surface area contributed by atoms with Crippen molar-refractivity contribution in [3.8, 4) is 0 Å². The van der Waals surface area contributed by atoms with Crippen LogP contribution in [0, 0.1) is 0 Å². The van der Waals surface area contributed by atoms with Crippen molar-refractivity contribution in [2.24, 2.45) is 0 Å². The summed E-state index contributed by atoms with van der Waals surface area (Å²) >= 11 is 1.19. The van der Waals surface area contributed by atoms with Gasteiger partial charge in [-0.25, -0.2) is 9.78 Å². The summed E-state index contributed by atoms with van der Waals surface area (Å²) in [6.07, 6.45) is 7.14. The van der Waals surface area contributed by atoms with Gasteiger partial charge in [0.1, 0.15) is 4.88 Å². The molecule has 0 saturated heterocycles. The van der Waals surface area contributed by atoms with Crippen LogP contribution in [0.15, 0.2) is 0 Å². The highest BCUT2D eigenvalue weighted by atomic mass is 32.1. The van der Waals surface area contributed by atoms with Crippen LogP contribution in [-0.2, 0) is 0 Å². The maximum absolute atomic E-state index is 11.5. The molecular formula is C14H20N2O3S. The van der Waals surface area contributed by atoms with Crippen molar-refractivity contribution in [1.82, 2.24) is 4.98 Å². The van der Waals surface area contributed by atoms with Gasteiger partial charge in [0.25, 0.3) is 0 Å². The molecule has 1 N–H and O–H groups in total. The average molecular weight is 296 g/mol. The standard InChI is InChI=1S/C14H20N2O3S/c1-9(17)12-11(13(18)19)15-14(20-12)16(2)10-7-5-3-4-6-8-10/h10H,3-8H2,1-2H3,(H,18,19). The number of aromatic nitrogens is 1. The number of Topliss-reactive ketones (excluding diaryl/α,β-unsaturated/α-hetero) is 1. The predicted molar refractivity (Wildman–Crippen MR) is 79.0 cm³/mol. The number of carbonyl (C=O) groups is 2. The molecule has 0 unspecified atom stereocenters. The van der Waals surface area contributed by atoms with Crippen LogP contribution < -0.4 is 4.90 Å². The number of rotatable bonds is 4. The number of hydrogen-bond donors (Lipinski definition) is 1. The van der Waals surface area contributed by atoms with Crippen LogP contribution in [0.4, 0.5) is 5.13 Å². The summed E-state index contributed by atoms with van der Waals surface area (Å²) in [4.78, 5) is 29.1. The SMILES string of the molecule is CC(=O)c1sc(N(C)C2CCCCCC2)nc1C(=O)O. The molecule has 0 aromatic carbocycles. The first-order chi connectivity index (χ1) is 9.50. The van der Waals surface area contributed by atoms with Crippen LogP contribution in [0.2, 0.25) is 0 Å². The van der Waals surface area contributed by atoms with E-state index in [0.29, 0.717) is 11.2 Å². The number of carboxylic acid groups (broad SMARTS) is 1. The molecule has 0 atom stereocenters. The first-order valence-corrected chi connectivity index (χ1v) is 7.80. The van der Waals surface area contributed by atoms with Crippen molar-refractivity contribution in [1.29, 1.82) is 0 Å². The zero-order valence-electron chi connectivity index (χ0n) is 11.9. The number of nitrogens with zero attached hydrogens (tertiary/aromatic N) is 2. The fraction of sp³-hybridized carbons (Fsp3) is 0.643. The smallest absolute Gasteiger partial charge is 0.356 e. The Morgan fingerprint density at radius 3 is 2.30 bits per heavy atom. The van der Waals surface area contributed by atoms with E-state index >= 15 is 0 Å². The van der Waals surface area contributed by atoms with Crippen molar-refractivity contribution in [3.63, 3.8) is 0 Å². The Morgan fingerprint density at radius 1 is 1.25 bits per heavy atom. The van der Waals surface area contributed by atoms with Crippen LogP contribution in [0.3, 0.4) is 0 Å². The average Bonchev–Trinajstić information content (AvgIpc) is 2.68. The summed E-state index contributed by atoms with van der Waals surface area (Å²) in [5, 5.41) is 9.78. The molecule has 0 aliphatic heterocycles. The number of thiazole rings is 1. The molecule has 1 aliphatic carbocycles. The predicted octanol–water partition coefficient (Wildman–Crippen LogP) is 3.20. The summed E-state index contributed by atoms with van der Waals surface area (Å²) in [5.74, 6) is -1.37. The zero-order valence-corrected chi connectivity index (χ0v) is 12.7. The molecule has 1 heterocycles. The maximum Gasteiger partial charge on any atom is 0.356 e. The quantitative estimate of drug-likeness (QED) is 0.682. The summed E-state index contributed by atoms with van der Waals surface area (Å²) in [5.41, 5.74) is -0.113. The van der Waals surface area contributed by atoms with E-state index in [-0.39, 0.29) is 16.4 Å². The molecule has 0 spiro atoms. The van der Waals surface area contributed by atoms with Crippen molar-refractivity contribution < 1.29 is 14.7 Å². The zero-order chi connectivity index (χ0) is 14.7. The highest BCUT2D eigenvalue weighted by Gasteiger charge is 2.25. The van der Waals surface area contributed by atoms with Gasteiger partial charge in [-0.2, -0.15) is 0 Å². The summed E-state index contributed by atoms with van der Waals surface area (Å²) in [6.45, 7) is 1.38. The van der Waals surface area contributed by atoms with E-state index in [1.807, 2.05) is 7.05 Å². The number of ketones is 1. The fourth-order valence-corrected chi connectivity index (χ4v) is 3.63. The molecule has 1 aliphatic rings. The van der Waals surface area contributed by atoms with Gasteiger partial charge in [0.2, 0.25) is 0 Å². The number of anilines is 1. The number of aromatic carboxylic acids is 1. The van der Waals surface area contributed by atoms with Crippen LogP contribution >= 0.6 is 11.3 Å². The van der Waals surface area contributed by atoms with Gasteiger partial charge in [0.05, 0.1) is 0 Å². The monoisotopic (exact) mass is 296 g/mol. The molecular weight excluding hydrogens is 276 g/mol. The lowest BCUT2D eigenvalue weighted by atomic mass is 10.1. The molecule has 0 radical (unpaired) electrons. The normalized spacial score (nSPS) is 16.7. The lowest BCUT2D eigenvalue weighted by molar-refractivity contribution is 0.0687. The van der Waals surface area contributed by atoms with Crippen molar-refractivity contribution in [3.05, 3.63) is 10.6 Å². The molecule has 1 saturated carbocycles. The van der Waals surface area contributed by atoms with Gasteiger partial charge >= 0.3 is 5.97 Å².